The maximum atomic E-state index is 13.7. The normalized spacial score (nSPS) is 10.5. The lowest BCUT2D eigenvalue weighted by atomic mass is 10.2. The van der Waals surface area contributed by atoms with Crippen LogP contribution in [0.15, 0.2) is 40.9 Å². The van der Waals surface area contributed by atoms with Gasteiger partial charge in [0.1, 0.15) is 12.4 Å². The fraction of sp³-hybridized carbons (Fsp3) is 0.250. The van der Waals surface area contributed by atoms with Crippen LogP contribution in [0.1, 0.15) is 11.1 Å². The molecule has 2 aromatic carbocycles. The first-order valence-corrected chi connectivity index (χ1v) is 7.31. The largest absolute Gasteiger partial charge is 0.493 e. The summed E-state index contributed by atoms with van der Waals surface area (Å²) in [5.74, 6) is 0.943. The predicted octanol–water partition coefficient (Wildman–Crippen LogP) is 3.90. The van der Waals surface area contributed by atoms with Gasteiger partial charge in [-0.25, -0.2) is 4.39 Å². The quantitative estimate of drug-likeness (QED) is 0.854. The highest BCUT2D eigenvalue weighted by atomic mass is 79.9. The number of rotatable bonds is 6. The monoisotopic (exact) mass is 353 g/mol. The maximum absolute atomic E-state index is 13.7. The van der Waals surface area contributed by atoms with Crippen LogP contribution in [0.2, 0.25) is 0 Å². The van der Waals surface area contributed by atoms with Crippen molar-refractivity contribution in [1.82, 2.24) is 5.32 Å². The molecule has 2 rings (SSSR count). The van der Waals surface area contributed by atoms with Gasteiger partial charge in [0.15, 0.2) is 11.5 Å². The van der Waals surface area contributed by atoms with Gasteiger partial charge in [0.05, 0.1) is 7.11 Å². The highest BCUT2D eigenvalue weighted by molar-refractivity contribution is 9.10. The molecule has 0 aliphatic carbocycles. The van der Waals surface area contributed by atoms with E-state index in [9.17, 15) is 4.39 Å². The Morgan fingerprint density at radius 3 is 2.67 bits per heavy atom. The molecular formula is C16H17BrFNO2. The summed E-state index contributed by atoms with van der Waals surface area (Å²) in [6, 6.07) is 10.5. The standard InChI is InChI=1S/C16H17BrFNO2/c1-19-9-11-3-6-15(16(7-11)20-2)21-10-12-8-13(17)4-5-14(12)18/h3-8,19H,9-10H2,1-2H3. The van der Waals surface area contributed by atoms with Crippen LogP contribution in [0.4, 0.5) is 4.39 Å². The molecule has 5 heteroatoms. The second-order valence-electron chi connectivity index (χ2n) is 4.54. The summed E-state index contributed by atoms with van der Waals surface area (Å²) in [4.78, 5) is 0. The molecule has 0 amide bonds. The summed E-state index contributed by atoms with van der Waals surface area (Å²) in [6.07, 6.45) is 0. The van der Waals surface area contributed by atoms with E-state index >= 15 is 0 Å². The van der Waals surface area contributed by atoms with Gasteiger partial charge in [0, 0.05) is 16.6 Å². The number of ether oxygens (including phenoxy) is 2. The van der Waals surface area contributed by atoms with E-state index in [0.717, 1.165) is 16.6 Å². The van der Waals surface area contributed by atoms with Gasteiger partial charge in [-0.3, -0.25) is 0 Å². The molecule has 2 aromatic rings. The van der Waals surface area contributed by atoms with E-state index in [4.69, 9.17) is 9.47 Å². The van der Waals surface area contributed by atoms with Gasteiger partial charge in [-0.05, 0) is 42.9 Å². The van der Waals surface area contributed by atoms with Crippen LogP contribution in [-0.2, 0) is 13.2 Å². The molecule has 3 nitrogen and oxygen atoms in total. The summed E-state index contributed by atoms with van der Waals surface area (Å²) in [5, 5.41) is 3.08. The summed E-state index contributed by atoms with van der Waals surface area (Å²) in [7, 11) is 3.47. The van der Waals surface area contributed by atoms with Crippen LogP contribution in [0.25, 0.3) is 0 Å². The van der Waals surface area contributed by atoms with E-state index in [0.29, 0.717) is 17.1 Å². The Hall–Kier alpha value is -1.59. The van der Waals surface area contributed by atoms with E-state index in [1.165, 1.54) is 6.07 Å². The molecule has 0 aromatic heterocycles. The van der Waals surface area contributed by atoms with Crippen molar-refractivity contribution >= 4 is 15.9 Å². The lowest BCUT2D eigenvalue weighted by molar-refractivity contribution is 0.279. The number of benzene rings is 2. The number of hydrogen-bond acceptors (Lipinski definition) is 3. The van der Waals surface area contributed by atoms with Crippen LogP contribution in [0, 0.1) is 5.82 Å². The summed E-state index contributed by atoms with van der Waals surface area (Å²) >= 11 is 3.32. The van der Waals surface area contributed by atoms with Crippen LogP contribution in [0.5, 0.6) is 11.5 Å². The van der Waals surface area contributed by atoms with Crippen LogP contribution in [0.3, 0.4) is 0 Å². The minimum Gasteiger partial charge on any atom is -0.493 e. The summed E-state index contributed by atoms with van der Waals surface area (Å²) < 4.78 is 25.5. The molecule has 0 unspecified atom stereocenters. The Bertz CT molecular complexity index is 619. The van der Waals surface area contributed by atoms with Crippen LogP contribution in [-0.4, -0.2) is 14.2 Å². The molecule has 0 fully saturated rings. The van der Waals surface area contributed by atoms with Gasteiger partial charge < -0.3 is 14.8 Å². The molecule has 0 atom stereocenters. The van der Waals surface area contributed by atoms with Gasteiger partial charge in [-0.1, -0.05) is 22.0 Å². The average molecular weight is 354 g/mol. The number of nitrogens with one attached hydrogen (secondary N) is 1. The zero-order chi connectivity index (χ0) is 15.2. The fourth-order valence-electron chi connectivity index (χ4n) is 1.95. The molecule has 0 aliphatic heterocycles. The van der Waals surface area contributed by atoms with E-state index in [2.05, 4.69) is 21.2 Å². The van der Waals surface area contributed by atoms with Crippen molar-refractivity contribution in [2.75, 3.05) is 14.2 Å². The highest BCUT2D eigenvalue weighted by Gasteiger charge is 2.08. The van der Waals surface area contributed by atoms with Crippen molar-refractivity contribution in [2.24, 2.45) is 0 Å². The molecule has 0 saturated heterocycles. The predicted molar refractivity (Wildman–Crippen MR) is 84.2 cm³/mol. The number of hydrogen-bond donors (Lipinski definition) is 1. The zero-order valence-electron chi connectivity index (χ0n) is 12.0. The Morgan fingerprint density at radius 1 is 1.14 bits per heavy atom. The van der Waals surface area contributed by atoms with Crippen molar-refractivity contribution in [3.63, 3.8) is 0 Å². The first-order valence-electron chi connectivity index (χ1n) is 6.52. The third kappa shape index (κ3) is 4.19. The number of methoxy groups -OCH3 is 1. The molecule has 0 spiro atoms. The van der Waals surface area contributed by atoms with Crippen LogP contribution < -0.4 is 14.8 Å². The van der Waals surface area contributed by atoms with Crippen molar-refractivity contribution in [3.05, 3.63) is 57.8 Å². The third-order valence-corrected chi connectivity index (χ3v) is 3.49. The van der Waals surface area contributed by atoms with Crippen molar-refractivity contribution in [1.29, 1.82) is 0 Å². The SMILES string of the molecule is CNCc1ccc(OCc2cc(Br)ccc2F)c(OC)c1. The molecule has 1 N–H and O–H groups in total. The van der Waals surface area contributed by atoms with Crippen molar-refractivity contribution in [3.8, 4) is 11.5 Å². The van der Waals surface area contributed by atoms with Crippen molar-refractivity contribution in [2.45, 2.75) is 13.2 Å². The summed E-state index contributed by atoms with van der Waals surface area (Å²) in [5.41, 5.74) is 1.58. The fourth-order valence-corrected chi connectivity index (χ4v) is 2.36. The van der Waals surface area contributed by atoms with E-state index in [-0.39, 0.29) is 12.4 Å². The van der Waals surface area contributed by atoms with Gasteiger partial charge in [-0.15, -0.1) is 0 Å². The molecule has 21 heavy (non-hydrogen) atoms. The zero-order valence-corrected chi connectivity index (χ0v) is 13.5. The molecule has 0 saturated carbocycles. The lowest BCUT2D eigenvalue weighted by Crippen LogP contribution is -2.06. The minimum absolute atomic E-state index is 0.146. The molecule has 112 valence electrons. The average Bonchev–Trinajstić information content (AvgIpc) is 2.49. The Kier molecular flexibility index (Phi) is 5.59. The van der Waals surface area contributed by atoms with Crippen molar-refractivity contribution < 1.29 is 13.9 Å². The molecule has 0 radical (unpaired) electrons. The Balaban J connectivity index is 2.14. The molecule has 0 heterocycles. The van der Waals surface area contributed by atoms with Gasteiger partial charge >= 0.3 is 0 Å². The highest BCUT2D eigenvalue weighted by Crippen LogP contribution is 2.29. The van der Waals surface area contributed by atoms with Gasteiger partial charge in [-0.2, -0.15) is 0 Å². The van der Waals surface area contributed by atoms with Crippen LogP contribution >= 0.6 is 15.9 Å². The number of halogens is 2. The lowest BCUT2D eigenvalue weighted by Gasteiger charge is -2.13. The minimum atomic E-state index is -0.288. The van der Waals surface area contributed by atoms with E-state index < -0.39 is 0 Å². The molecule has 0 bridgehead atoms. The Labute approximate surface area is 132 Å². The second-order valence-corrected chi connectivity index (χ2v) is 5.46. The van der Waals surface area contributed by atoms with Gasteiger partial charge in [0.2, 0.25) is 0 Å². The third-order valence-electron chi connectivity index (χ3n) is 3.00. The van der Waals surface area contributed by atoms with E-state index in [1.807, 2.05) is 25.2 Å². The molecular weight excluding hydrogens is 337 g/mol. The van der Waals surface area contributed by atoms with E-state index in [1.54, 1.807) is 19.2 Å². The van der Waals surface area contributed by atoms with Gasteiger partial charge in [0.25, 0.3) is 0 Å². The first-order chi connectivity index (χ1) is 10.1. The Morgan fingerprint density at radius 2 is 1.95 bits per heavy atom. The first kappa shape index (κ1) is 15.8. The smallest absolute Gasteiger partial charge is 0.161 e. The summed E-state index contributed by atoms with van der Waals surface area (Å²) in [6.45, 7) is 0.893. The second kappa shape index (κ2) is 7.43. The maximum Gasteiger partial charge on any atom is 0.161 e. The molecule has 0 aliphatic rings. The topological polar surface area (TPSA) is 30.5 Å².